The van der Waals surface area contributed by atoms with Crippen LogP contribution in [0.3, 0.4) is 0 Å². The smallest absolute Gasteiger partial charge is 0.310 e. The number of ether oxygens (including phenoxy) is 1. The number of nitrogens with zero attached hydrogens (tertiary/aromatic N) is 1. The topological polar surface area (TPSA) is 66.8 Å². The Morgan fingerprint density at radius 3 is 2.65 bits per heavy atom. The molecule has 0 aromatic carbocycles. The molecule has 20 heavy (non-hydrogen) atoms. The molecule has 1 saturated heterocycles. The molecule has 1 aliphatic carbocycles. The number of likely N-dealkylation sites (tertiary alicyclic amines) is 1. The Balaban J connectivity index is 1.87. The van der Waals surface area contributed by atoms with Crippen LogP contribution in [-0.4, -0.2) is 48.2 Å². The molecule has 0 aromatic heterocycles. The van der Waals surface area contributed by atoms with Crippen LogP contribution in [0.5, 0.6) is 0 Å². The Bertz CT molecular complexity index is 365. The van der Waals surface area contributed by atoms with Crippen molar-refractivity contribution in [3.05, 3.63) is 0 Å². The van der Waals surface area contributed by atoms with Crippen LogP contribution in [0.4, 0.5) is 0 Å². The van der Waals surface area contributed by atoms with Gasteiger partial charge in [-0.15, -0.1) is 0 Å². The summed E-state index contributed by atoms with van der Waals surface area (Å²) in [6.07, 6.45) is 4.46. The lowest BCUT2D eigenvalue weighted by Crippen LogP contribution is -2.47. The zero-order valence-corrected chi connectivity index (χ0v) is 12.3. The maximum absolute atomic E-state index is 12.4. The highest BCUT2D eigenvalue weighted by Crippen LogP contribution is 2.44. The number of carboxylic acids is 1. The van der Waals surface area contributed by atoms with Crippen LogP contribution in [0.2, 0.25) is 0 Å². The molecule has 2 fully saturated rings. The van der Waals surface area contributed by atoms with Crippen molar-refractivity contribution >= 4 is 11.9 Å². The molecule has 114 valence electrons. The number of amides is 1. The number of hydrogen-bond acceptors (Lipinski definition) is 3. The second-order valence-electron chi connectivity index (χ2n) is 6.12. The molecule has 0 aromatic rings. The number of carbonyl (C=O) groups is 2. The summed E-state index contributed by atoms with van der Waals surface area (Å²) in [7, 11) is 0. The van der Waals surface area contributed by atoms with Crippen LogP contribution in [0, 0.1) is 11.3 Å². The van der Waals surface area contributed by atoms with Gasteiger partial charge in [-0.25, -0.2) is 0 Å². The van der Waals surface area contributed by atoms with Crippen LogP contribution in [0.1, 0.15) is 45.4 Å². The monoisotopic (exact) mass is 283 g/mol. The number of piperidine rings is 1. The van der Waals surface area contributed by atoms with Crippen molar-refractivity contribution in [1.82, 2.24) is 4.90 Å². The van der Waals surface area contributed by atoms with Gasteiger partial charge in [-0.05, 0) is 38.5 Å². The third-order valence-corrected chi connectivity index (χ3v) is 4.68. The quantitative estimate of drug-likeness (QED) is 0.808. The minimum atomic E-state index is -0.806. The fraction of sp³-hybridized carbons (Fsp3) is 0.867. The SMILES string of the molecule is CCOCC1CCCN(C(=O)CC2(C(=O)O)CCC2)C1. The Morgan fingerprint density at radius 2 is 2.10 bits per heavy atom. The summed E-state index contributed by atoms with van der Waals surface area (Å²) in [6, 6.07) is 0. The fourth-order valence-electron chi connectivity index (χ4n) is 3.18. The van der Waals surface area contributed by atoms with E-state index in [1.54, 1.807) is 0 Å². The Morgan fingerprint density at radius 1 is 1.35 bits per heavy atom. The van der Waals surface area contributed by atoms with E-state index in [9.17, 15) is 14.7 Å². The lowest BCUT2D eigenvalue weighted by Gasteiger charge is -2.40. The summed E-state index contributed by atoms with van der Waals surface area (Å²) in [5.74, 6) is -0.400. The van der Waals surface area contributed by atoms with E-state index in [-0.39, 0.29) is 12.3 Å². The van der Waals surface area contributed by atoms with Crippen molar-refractivity contribution < 1.29 is 19.4 Å². The van der Waals surface area contributed by atoms with Crippen molar-refractivity contribution in [1.29, 1.82) is 0 Å². The van der Waals surface area contributed by atoms with E-state index in [2.05, 4.69) is 0 Å². The van der Waals surface area contributed by atoms with Gasteiger partial charge in [-0.2, -0.15) is 0 Å². The number of aliphatic carboxylic acids is 1. The molecule has 5 nitrogen and oxygen atoms in total. The molecule has 0 bridgehead atoms. The second-order valence-corrected chi connectivity index (χ2v) is 6.12. The summed E-state index contributed by atoms with van der Waals surface area (Å²) in [6.45, 7) is 4.85. The predicted molar refractivity (Wildman–Crippen MR) is 74.3 cm³/mol. The van der Waals surface area contributed by atoms with Crippen molar-refractivity contribution in [3.63, 3.8) is 0 Å². The summed E-state index contributed by atoms with van der Waals surface area (Å²) >= 11 is 0. The van der Waals surface area contributed by atoms with Crippen molar-refractivity contribution in [2.24, 2.45) is 11.3 Å². The highest BCUT2D eigenvalue weighted by molar-refractivity contribution is 5.85. The highest BCUT2D eigenvalue weighted by Gasteiger charge is 2.46. The van der Waals surface area contributed by atoms with E-state index in [0.717, 1.165) is 25.8 Å². The lowest BCUT2D eigenvalue weighted by atomic mass is 9.66. The van der Waals surface area contributed by atoms with Crippen molar-refractivity contribution in [3.8, 4) is 0 Å². The Kier molecular flexibility index (Phi) is 5.02. The first kappa shape index (κ1) is 15.3. The van der Waals surface area contributed by atoms with Crippen LogP contribution in [0.15, 0.2) is 0 Å². The largest absolute Gasteiger partial charge is 0.481 e. The number of carboxylic acid groups (broad SMARTS) is 1. The standard InChI is InChI=1S/C15H25NO4/c1-2-20-11-12-5-3-8-16(10-12)13(17)9-15(14(18)19)6-4-7-15/h12H,2-11H2,1H3,(H,18,19). The first-order valence-electron chi connectivity index (χ1n) is 7.66. The molecule has 5 heteroatoms. The van der Waals surface area contributed by atoms with Crippen LogP contribution in [-0.2, 0) is 14.3 Å². The average Bonchev–Trinajstić information content (AvgIpc) is 2.40. The normalized spacial score (nSPS) is 25.1. The zero-order chi connectivity index (χ0) is 14.6. The van der Waals surface area contributed by atoms with Gasteiger partial charge in [0.2, 0.25) is 5.91 Å². The third-order valence-electron chi connectivity index (χ3n) is 4.68. The number of rotatable bonds is 6. The van der Waals surface area contributed by atoms with Crippen molar-refractivity contribution in [2.45, 2.75) is 45.4 Å². The molecule has 2 aliphatic rings. The predicted octanol–water partition coefficient (Wildman–Crippen LogP) is 1.91. The first-order chi connectivity index (χ1) is 9.57. The molecule has 0 spiro atoms. The van der Waals surface area contributed by atoms with E-state index in [0.29, 0.717) is 38.5 Å². The minimum absolute atomic E-state index is 0.00768. The highest BCUT2D eigenvalue weighted by atomic mass is 16.5. The third kappa shape index (κ3) is 3.32. The second kappa shape index (κ2) is 6.57. The molecular formula is C15H25NO4. The van der Waals surface area contributed by atoms with E-state index >= 15 is 0 Å². The van der Waals surface area contributed by atoms with Gasteiger partial charge in [0.1, 0.15) is 0 Å². The Hall–Kier alpha value is -1.10. The molecular weight excluding hydrogens is 258 g/mol. The van der Waals surface area contributed by atoms with Crippen LogP contribution >= 0.6 is 0 Å². The molecule has 1 aliphatic heterocycles. The van der Waals surface area contributed by atoms with Gasteiger partial charge in [0.25, 0.3) is 0 Å². The maximum atomic E-state index is 12.4. The van der Waals surface area contributed by atoms with E-state index in [1.807, 2.05) is 11.8 Å². The molecule has 1 amide bonds. The summed E-state index contributed by atoms with van der Waals surface area (Å²) in [4.78, 5) is 25.5. The lowest BCUT2D eigenvalue weighted by molar-refractivity contribution is -0.160. The molecule has 1 heterocycles. The molecule has 1 saturated carbocycles. The molecule has 1 atom stereocenters. The van der Waals surface area contributed by atoms with E-state index < -0.39 is 11.4 Å². The van der Waals surface area contributed by atoms with Gasteiger partial charge >= 0.3 is 5.97 Å². The van der Waals surface area contributed by atoms with Gasteiger partial charge in [-0.3, -0.25) is 9.59 Å². The van der Waals surface area contributed by atoms with Gasteiger partial charge in [-0.1, -0.05) is 6.42 Å². The average molecular weight is 283 g/mol. The first-order valence-corrected chi connectivity index (χ1v) is 7.66. The zero-order valence-electron chi connectivity index (χ0n) is 12.3. The van der Waals surface area contributed by atoms with Gasteiger partial charge in [0.15, 0.2) is 0 Å². The molecule has 1 unspecified atom stereocenters. The van der Waals surface area contributed by atoms with Gasteiger partial charge < -0.3 is 14.7 Å². The summed E-state index contributed by atoms with van der Waals surface area (Å²) in [5.41, 5.74) is -0.774. The minimum Gasteiger partial charge on any atom is -0.481 e. The molecule has 2 rings (SSSR count). The van der Waals surface area contributed by atoms with Crippen molar-refractivity contribution in [2.75, 3.05) is 26.3 Å². The molecule has 1 N–H and O–H groups in total. The molecule has 0 radical (unpaired) electrons. The summed E-state index contributed by atoms with van der Waals surface area (Å²) < 4.78 is 5.44. The summed E-state index contributed by atoms with van der Waals surface area (Å²) in [5, 5.41) is 9.31. The van der Waals surface area contributed by atoms with E-state index in [4.69, 9.17) is 4.74 Å². The van der Waals surface area contributed by atoms with Crippen LogP contribution in [0.25, 0.3) is 0 Å². The Labute approximate surface area is 120 Å². The fourth-order valence-corrected chi connectivity index (χ4v) is 3.18. The van der Waals surface area contributed by atoms with Crippen LogP contribution < -0.4 is 0 Å². The number of carbonyl (C=O) groups excluding carboxylic acids is 1. The van der Waals surface area contributed by atoms with Gasteiger partial charge in [0.05, 0.1) is 12.0 Å². The van der Waals surface area contributed by atoms with E-state index in [1.165, 1.54) is 0 Å². The van der Waals surface area contributed by atoms with Gasteiger partial charge in [0, 0.05) is 26.1 Å². The number of hydrogen-bond donors (Lipinski definition) is 1. The maximum Gasteiger partial charge on any atom is 0.310 e.